The minimum Gasteiger partial charge on any atom is -0.376 e. The number of aryl methyl sites for hydroxylation is 1. The maximum absolute atomic E-state index is 12.9. The number of nitrogens with one attached hydrogen (secondary N) is 2. The van der Waals surface area contributed by atoms with Crippen LogP contribution >= 0.6 is 11.3 Å². The number of carbonyl (C=O) groups is 2. The van der Waals surface area contributed by atoms with Gasteiger partial charge in [0, 0.05) is 24.1 Å². The minimum absolute atomic E-state index is 0.0237. The van der Waals surface area contributed by atoms with Gasteiger partial charge in [-0.2, -0.15) is 0 Å². The average Bonchev–Trinajstić information content (AvgIpc) is 3.43. The Kier molecular flexibility index (Phi) is 5.59. The minimum atomic E-state index is -0.592. The van der Waals surface area contributed by atoms with Crippen molar-refractivity contribution in [1.29, 1.82) is 0 Å². The topological polar surface area (TPSA) is 111 Å². The van der Waals surface area contributed by atoms with Crippen molar-refractivity contribution in [2.75, 3.05) is 18.5 Å². The first-order valence-corrected chi connectivity index (χ1v) is 10.5. The summed E-state index contributed by atoms with van der Waals surface area (Å²) in [6, 6.07) is 5.79. The highest BCUT2D eigenvalue weighted by Crippen LogP contribution is 2.39. The molecule has 2 heterocycles. The summed E-state index contributed by atoms with van der Waals surface area (Å²) in [5.41, 5.74) is 1.15. The molecule has 2 aliphatic rings. The molecule has 0 bridgehead atoms. The fourth-order valence-corrected chi connectivity index (χ4v) is 5.11. The summed E-state index contributed by atoms with van der Waals surface area (Å²) in [7, 11) is 0. The molecule has 0 unspecified atom stereocenters. The number of para-hydroxylation sites is 1. The van der Waals surface area contributed by atoms with E-state index in [9.17, 15) is 19.7 Å². The lowest BCUT2D eigenvalue weighted by Crippen LogP contribution is -2.32. The van der Waals surface area contributed by atoms with Gasteiger partial charge in [-0.05, 0) is 43.7 Å². The predicted molar refractivity (Wildman–Crippen MR) is 109 cm³/mol. The Balaban J connectivity index is 1.57. The standard InChI is InChI=1S/C20H21N3O5S/c24-18(13-6-1-2-8-15(13)23(26)27)22-20-17(14-7-3-9-16(14)29-20)19(25)21-11-12-5-4-10-28-12/h1-2,6,8,12H,3-5,7,9-11H2,(H,21,25)(H,22,24)/t12-/m1/s1. The lowest BCUT2D eigenvalue weighted by atomic mass is 10.1. The fraction of sp³-hybridized carbons (Fsp3) is 0.400. The third-order valence-electron chi connectivity index (χ3n) is 5.24. The number of ether oxygens (including phenoxy) is 1. The van der Waals surface area contributed by atoms with Crippen molar-refractivity contribution in [3.8, 4) is 0 Å². The van der Waals surface area contributed by atoms with Gasteiger partial charge in [0.2, 0.25) is 0 Å². The molecule has 0 spiro atoms. The molecule has 8 nitrogen and oxygen atoms in total. The van der Waals surface area contributed by atoms with Crippen LogP contribution in [0.3, 0.4) is 0 Å². The molecule has 1 aromatic heterocycles. The molecule has 152 valence electrons. The van der Waals surface area contributed by atoms with Crippen LogP contribution in [0.5, 0.6) is 0 Å². The number of anilines is 1. The van der Waals surface area contributed by atoms with Gasteiger partial charge in [-0.3, -0.25) is 19.7 Å². The van der Waals surface area contributed by atoms with Gasteiger partial charge in [0.1, 0.15) is 10.6 Å². The summed E-state index contributed by atoms with van der Waals surface area (Å²) in [5.74, 6) is -0.830. The van der Waals surface area contributed by atoms with E-state index < -0.39 is 10.8 Å². The molecule has 1 fully saturated rings. The Bertz CT molecular complexity index is 965. The van der Waals surface area contributed by atoms with Crippen LogP contribution in [0.4, 0.5) is 10.7 Å². The summed E-state index contributed by atoms with van der Waals surface area (Å²) < 4.78 is 5.56. The molecule has 1 atom stereocenters. The lowest BCUT2D eigenvalue weighted by molar-refractivity contribution is -0.385. The molecule has 29 heavy (non-hydrogen) atoms. The van der Waals surface area contributed by atoms with Crippen LogP contribution in [0.15, 0.2) is 24.3 Å². The second kappa shape index (κ2) is 8.30. The number of hydrogen-bond donors (Lipinski definition) is 2. The Morgan fingerprint density at radius 3 is 2.79 bits per heavy atom. The van der Waals surface area contributed by atoms with Gasteiger partial charge in [0.25, 0.3) is 17.5 Å². The van der Waals surface area contributed by atoms with Crippen molar-refractivity contribution >= 4 is 33.8 Å². The Morgan fingerprint density at radius 1 is 1.21 bits per heavy atom. The molecule has 2 amide bonds. The highest BCUT2D eigenvalue weighted by Gasteiger charge is 2.29. The van der Waals surface area contributed by atoms with E-state index in [1.54, 1.807) is 6.07 Å². The molecule has 1 saturated heterocycles. The van der Waals surface area contributed by atoms with Gasteiger partial charge in [-0.15, -0.1) is 11.3 Å². The molecule has 2 N–H and O–H groups in total. The molecule has 0 saturated carbocycles. The first-order valence-electron chi connectivity index (χ1n) is 9.63. The van der Waals surface area contributed by atoms with Crippen molar-refractivity contribution in [3.63, 3.8) is 0 Å². The maximum atomic E-state index is 12.9. The molecule has 2 aromatic rings. The largest absolute Gasteiger partial charge is 0.376 e. The van der Waals surface area contributed by atoms with Crippen LogP contribution in [0.25, 0.3) is 0 Å². The number of nitro groups is 1. The third kappa shape index (κ3) is 4.01. The van der Waals surface area contributed by atoms with E-state index in [4.69, 9.17) is 4.74 Å². The van der Waals surface area contributed by atoms with Crippen LogP contribution < -0.4 is 10.6 Å². The van der Waals surface area contributed by atoms with Crippen LogP contribution in [0.2, 0.25) is 0 Å². The third-order valence-corrected chi connectivity index (χ3v) is 6.44. The Morgan fingerprint density at radius 2 is 2.03 bits per heavy atom. The van der Waals surface area contributed by atoms with E-state index in [1.807, 2.05) is 0 Å². The Labute approximate surface area is 171 Å². The smallest absolute Gasteiger partial charge is 0.282 e. The number of carbonyl (C=O) groups excluding carboxylic acids is 2. The quantitative estimate of drug-likeness (QED) is 0.555. The Hall–Kier alpha value is -2.78. The van der Waals surface area contributed by atoms with Crippen molar-refractivity contribution in [3.05, 3.63) is 55.9 Å². The number of hydrogen-bond acceptors (Lipinski definition) is 6. The summed E-state index contributed by atoms with van der Waals surface area (Å²) in [6.45, 7) is 1.15. The summed E-state index contributed by atoms with van der Waals surface area (Å²) in [5, 5.41) is 17.3. The zero-order chi connectivity index (χ0) is 20.4. The van der Waals surface area contributed by atoms with Crippen molar-refractivity contribution in [2.45, 2.75) is 38.2 Å². The molecular weight excluding hydrogens is 394 g/mol. The zero-order valence-electron chi connectivity index (χ0n) is 15.7. The lowest BCUT2D eigenvalue weighted by Gasteiger charge is -2.12. The predicted octanol–water partition coefficient (Wildman–Crippen LogP) is 3.31. The van der Waals surface area contributed by atoms with E-state index in [0.29, 0.717) is 23.7 Å². The van der Waals surface area contributed by atoms with Gasteiger partial charge in [-0.25, -0.2) is 0 Å². The van der Waals surface area contributed by atoms with Gasteiger partial charge in [0.05, 0.1) is 16.6 Å². The average molecular weight is 415 g/mol. The van der Waals surface area contributed by atoms with Gasteiger partial charge < -0.3 is 15.4 Å². The number of nitrogens with zero attached hydrogens (tertiary/aromatic N) is 1. The van der Waals surface area contributed by atoms with E-state index >= 15 is 0 Å². The van der Waals surface area contributed by atoms with Crippen LogP contribution in [0, 0.1) is 10.1 Å². The van der Waals surface area contributed by atoms with E-state index in [2.05, 4.69) is 10.6 Å². The molecule has 1 aromatic carbocycles. The van der Waals surface area contributed by atoms with Gasteiger partial charge in [-0.1, -0.05) is 12.1 Å². The van der Waals surface area contributed by atoms with Crippen molar-refractivity contribution in [1.82, 2.24) is 5.32 Å². The fourth-order valence-electron chi connectivity index (χ4n) is 3.83. The number of benzene rings is 1. The van der Waals surface area contributed by atoms with Crippen LogP contribution in [0.1, 0.15) is 50.4 Å². The van der Waals surface area contributed by atoms with Crippen molar-refractivity contribution in [2.24, 2.45) is 0 Å². The number of fused-ring (bicyclic) bond motifs is 1. The van der Waals surface area contributed by atoms with Gasteiger partial charge >= 0.3 is 0 Å². The number of rotatable bonds is 6. The zero-order valence-corrected chi connectivity index (χ0v) is 16.5. The van der Waals surface area contributed by atoms with E-state index in [0.717, 1.165) is 42.5 Å². The van der Waals surface area contributed by atoms with Crippen molar-refractivity contribution < 1.29 is 19.2 Å². The highest BCUT2D eigenvalue weighted by molar-refractivity contribution is 7.17. The second-order valence-electron chi connectivity index (χ2n) is 7.13. The molecule has 9 heteroatoms. The van der Waals surface area contributed by atoms with E-state index in [1.165, 1.54) is 29.5 Å². The number of amides is 2. The molecular formula is C20H21N3O5S. The summed E-state index contributed by atoms with van der Waals surface area (Å²) in [6.07, 6.45) is 4.57. The van der Waals surface area contributed by atoms with E-state index in [-0.39, 0.29) is 23.3 Å². The first-order chi connectivity index (χ1) is 14.0. The maximum Gasteiger partial charge on any atom is 0.282 e. The van der Waals surface area contributed by atoms with Crippen LogP contribution in [-0.2, 0) is 17.6 Å². The summed E-state index contributed by atoms with van der Waals surface area (Å²) >= 11 is 1.38. The number of nitro benzene ring substituents is 1. The number of thiophene rings is 1. The molecule has 1 aliphatic carbocycles. The summed E-state index contributed by atoms with van der Waals surface area (Å²) in [4.78, 5) is 37.4. The molecule has 1 aliphatic heterocycles. The van der Waals surface area contributed by atoms with Gasteiger partial charge in [0.15, 0.2) is 0 Å². The molecule has 4 rings (SSSR count). The monoisotopic (exact) mass is 415 g/mol. The highest BCUT2D eigenvalue weighted by atomic mass is 32.1. The molecule has 0 radical (unpaired) electrons. The van der Waals surface area contributed by atoms with Crippen LogP contribution in [-0.4, -0.2) is 36.0 Å². The normalized spacial score (nSPS) is 17.7. The SMILES string of the molecule is O=C(Nc1sc2c(c1C(=O)NC[C@H]1CCCO1)CCC2)c1ccccc1[N+](=O)[O-]. The second-order valence-corrected chi connectivity index (χ2v) is 8.24. The first kappa shape index (κ1) is 19.5.